The van der Waals surface area contributed by atoms with Gasteiger partial charge in [0.25, 0.3) is 5.91 Å². The van der Waals surface area contributed by atoms with Gasteiger partial charge in [-0.3, -0.25) is 4.79 Å². The van der Waals surface area contributed by atoms with Crippen LogP contribution in [0.3, 0.4) is 0 Å². The molecular weight excluding hydrogens is 484 g/mol. The number of benzene rings is 3. The number of amidine groups is 1. The maximum Gasteiger partial charge on any atom is 0.286 e. The number of aliphatic imine (C=N–C) groups is 1. The van der Waals surface area contributed by atoms with E-state index < -0.39 is 0 Å². The van der Waals surface area contributed by atoms with Gasteiger partial charge in [-0.25, -0.2) is 5.01 Å². The summed E-state index contributed by atoms with van der Waals surface area (Å²) in [5, 5.41) is 7.41. The van der Waals surface area contributed by atoms with Gasteiger partial charge < -0.3 is 14.4 Å². The predicted molar refractivity (Wildman–Crippen MR) is 151 cm³/mol. The fourth-order valence-corrected chi connectivity index (χ4v) is 5.23. The van der Waals surface area contributed by atoms with Gasteiger partial charge in [0.2, 0.25) is 0 Å². The first-order valence-corrected chi connectivity index (χ1v) is 12.7. The van der Waals surface area contributed by atoms with Gasteiger partial charge in [-0.15, -0.1) is 0 Å². The van der Waals surface area contributed by atoms with Crippen LogP contribution in [0.15, 0.2) is 87.8 Å². The van der Waals surface area contributed by atoms with Gasteiger partial charge in [-0.2, -0.15) is 10.1 Å². The van der Waals surface area contributed by atoms with Crippen molar-refractivity contribution in [3.63, 3.8) is 0 Å². The van der Waals surface area contributed by atoms with Crippen LogP contribution in [0.4, 0.5) is 5.69 Å². The molecule has 1 atom stereocenters. The highest BCUT2D eigenvalue weighted by Crippen LogP contribution is 2.40. The Labute approximate surface area is 221 Å². The lowest BCUT2D eigenvalue weighted by Crippen LogP contribution is -2.23. The summed E-state index contributed by atoms with van der Waals surface area (Å²) in [6.07, 6.45) is 2.51. The number of hydrogen-bond donors (Lipinski definition) is 0. The molecular formula is C29H28N4O3S. The van der Waals surface area contributed by atoms with Gasteiger partial charge in [0.15, 0.2) is 5.17 Å². The Morgan fingerprint density at radius 3 is 2.38 bits per heavy atom. The molecule has 0 fully saturated rings. The number of carbonyl (C=O) groups is 1. The molecule has 0 saturated heterocycles. The summed E-state index contributed by atoms with van der Waals surface area (Å²) in [5.74, 6) is 1.22. The Kier molecular flexibility index (Phi) is 7.01. The van der Waals surface area contributed by atoms with E-state index in [9.17, 15) is 4.79 Å². The highest BCUT2D eigenvalue weighted by Gasteiger charge is 2.36. The van der Waals surface area contributed by atoms with Crippen molar-refractivity contribution in [2.24, 2.45) is 10.1 Å². The molecule has 3 aromatic rings. The van der Waals surface area contributed by atoms with E-state index in [1.807, 2.05) is 73.7 Å². The normalized spacial score (nSPS) is 18.2. The number of hydrazone groups is 1. The summed E-state index contributed by atoms with van der Waals surface area (Å²) in [4.78, 5) is 19.9. The smallest absolute Gasteiger partial charge is 0.286 e. The van der Waals surface area contributed by atoms with E-state index in [1.54, 1.807) is 14.2 Å². The third kappa shape index (κ3) is 5.11. The molecule has 1 amide bonds. The van der Waals surface area contributed by atoms with Crippen molar-refractivity contribution in [2.75, 3.05) is 33.2 Å². The lowest BCUT2D eigenvalue weighted by atomic mass is 9.98. The van der Waals surface area contributed by atoms with Crippen molar-refractivity contribution < 1.29 is 14.3 Å². The summed E-state index contributed by atoms with van der Waals surface area (Å²) in [5.41, 5.74) is 5.00. The number of hydrogen-bond acceptors (Lipinski definition) is 7. The lowest BCUT2D eigenvalue weighted by molar-refractivity contribution is -0.113. The van der Waals surface area contributed by atoms with Gasteiger partial charge in [-0.05, 0) is 71.4 Å². The highest BCUT2D eigenvalue weighted by atomic mass is 32.2. The van der Waals surface area contributed by atoms with Crippen LogP contribution in [0.1, 0.15) is 29.2 Å². The zero-order valence-corrected chi connectivity index (χ0v) is 22.0. The molecule has 0 aromatic heterocycles. The van der Waals surface area contributed by atoms with E-state index in [0.29, 0.717) is 22.2 Å². The quantitative estimate of drug-likeness (QED) is 0.401. The Morgan fingerprint density at radius 1 is 0.973 bits per heavy atom. The number of carbonyl (C=O) groups excluding carboxylic acids is 1. The molecule has 37 heavy (non-hydrogen) atoms. The number of rotatable bonds is 6. The van der Waals surface area contributed by atoms with Crippen molar-refractivity contribution in [2.45, 2.75) is 12.5 Å². The van der Waals surface area contributed by atoms with E-state index in [-0.39, 0.29) is 11.9 Å². The van der Waals surface area contributed by atoms with Crippen LogP contribution in [-0.2, 0) is 4.79 Å². The topological polar surface area (TPSA) is 66.7 Å². The van der Waals surface area contributed by atoms with Gasteiger partial charge in [0, 0.05) is 31.8 Å². The second-order valence-corrected chi connectivity index (χ2v) is 9.89. The first kappa shape index (κ1) is 24.6. The summed E-state index contributed by atoms with van der Waals surface area (Å²) in [7, 11) is 7.31. The Balaban J connectivity index is 1.48. The maximum atomic E-state index is 12.9. The second-order valence-electron chi connectivity index (χ2n) is 8.88. The minimum absolute atomic E-state index is 0.0852. The lowest BCUT2D eigenvalue weighted by Gasteiger charge is -2.23. The molecule has 0 radical (unpaired) electrons. The van der Waals surface area contributed by atoms with Gasteiger partial charge in [0.1, 0.15) is 11.5 Å². The molecule has 2 aliphatic rings. The fraction of sp³-hybridized carbons (Fsp3) is 0.207. The summed E-state index contributed by atoms with van der Waals surface area (Å²) in [6, 6.07) is 23.8. The summed E-state index contributed by atoms with van der Waals surface area (Å²) < 4.78 is 10.8. The molecule has 0 aliphatic carbocycles. The fourth-order valence-electron chi connectivity index (χ4n) is 4.32. The van der Waals surface area contributed by atoms with Crippen LogP contribution in [-0.4, -0.2) is 50.1 Å². The standard InChI is InChI=1S/C29H28N4O3S/c1-32(2)22-13-9-20(10-14-22)25-18-24(19-11-15-23(35-3)16-12-19)31-33(25)29-30-28(34)27(37-29)17-21-7-5-6-8-26(21)36-4/h5-17,25H,18H2,1-4H3/b27-17-. The molecule has 0 saturated carbocycles. The highest BCUT2D eigenvalue weighted by molar-refractivity contribution is 8.18. The zero-order valence-electron chi connectivity index (χ0n) is 21.2. The van der Waals surface area contributed by atoms with E-state index >= 15 is 0 Å². The molecule has 3 aromatic carbocycles. The molecule has 2 aliphatic heterocycles. The maximum absolute atomic E-state index is 12.9. The van der Waals surface area contributed by atoms with Gasteiger partial charge in [0.05, 0.1) is 30.9 Å². The molecule has 1 unspecified atom stereocenters. The van der Waals surface area contributed by atoms with Crippen molar-refractivity contribution in [3.05, 3.63) is 94.4 Å². The molecule has 7 nitrogen and oxygen atoms in total. The van der Waals surface area contributed by atoms with Crippen LogP contribution >= 0.6 is 11.8 Å². The van der Waals surface area contributed by atoms with Crippen molar-refractivity contribution in [1.29, 1.82) is 0 Å². The predicted octanol–water partition coefficient (Wildman–Crippen LogP) is 5.59. The number of methoxy groups -OCH3 is 2. The third-order valence-electron chi connectivity index (χ3n) is 6.36. The Bertz CT molecular complexity index is 1400. The summed E-state index contributed by atoms with van der Waals surface area (Å²) in [6.45, 7) is 0. The molecule has 188 valence electrons. The van der Waals surface area contributed by atoms with E-state index in [4.69, 9.17) is 14.6 Å². The van der Waals surface area contributed by atoms with E-state index in [0.717, 1.165) is 33.8 Å². The number of thioether (sulfide) groups is 1. The number of nitrogens with zero attached hydrogens (tertiary/aromatic N) is 4. The Hall–Kier alpha value is -4.04. The first-order valence-electron chi connectivity index (χ1n) is 11.9. The number of amides is 1. The zero-order chi connectivity index (χ0) is 25.9. The molecule has 0 N–H and O–H groups in total. The SMILES string of the molecule is COc1ccc(C2=NN(C3=NC(=O)/C(=C/c4ccccc4OC)S3)C(c3ccc(N(C)C)cc3)C2)cc1. The Morgan fingerprint density at radius 2 is 1.70 bits per heavy atom. The van der Waals surface area contributed by atoms with Crippen LogP contribution in [0.25, 0.3) is 6.08 Å². The van der Waals surface area contributed by atoms with Crippen LogP contribution in [0.5, 0.6) is 11.5 Å². The monoisotopic (exact) mass is 512 g/mol. The third-order valence-corrected chi connectivity index (χ3v) is 7.33. The average Bonchev–Trinajstić information content (AvgIpc) is 3.53. The minimum atomic E-state index is -0.277. The molecule has 0 bridgehead atoms. The first-order chi connectivity index (χ1) is 18.0. The van der Waals surface area contributed by atoms with Crippen molar-refractivity contribution in [3.8, 4) is 11.5 Å². The molecule has 2 heterocycles. The minimum Gasteiger partial charge on any atom is -0.497 e. The number of para-hydroxylation sites is 1. The van der Waals surface area contributed by atoms with Crippen LogP contribution in [0, 0.1) is 0 Å². The molecule has 5 rings (SSSR count). The van der Waals surface area contributed by atoms with Crippen molar-refractivity contribution in [1.82, 2.24) is 5.01 Å². The van der Waals surface area contributed by atoms with Gasteiger partial charge in [-0.1, -0.05) is 30.3 Å². The molecule has 0 spiro atoms. The number of ether oxygens (including phenoxy) is 2. The largest absolute Gasteiger partial charge is 0.497 e. The van der Waals surface area contributed by atoms with Gasteiger partial charge >= 0.3 is 0 Å². The van der Waals surface area contributed by atoms with E-state index in [2.05, 4.69) is 34.2 Å². The average molecular weight is 513 g/mol. The summed E-state index contributed by atoms with van der Waals surface area (Å²) >= 11 is 1.34. The van der Waals surface area contributed by atoms with Crippen molar-refractivity contribution >= 4 is 40.3 Å². The molecule has 8 heteroatoms. The number of anilines is 1. The second kappa shape index (κ2) is 10.5. The van der Waals surface area contributed by atoms with Crippen LogP contribution in [0.2, 0.25) is 0 Å². The van der Waals surface area contributed by atoms with E-state index in [1.165, 1.54) is 11.8 Å². The van der Waals surface area contributed by atoms with Crippen LogP contribution < -0.4 is 14.4 Å².